The van der Waals surface area contributed by atoms with Gasteiger partial charge in [0.25, 0.3) is 0 Å². The molecule has 1 fully saturated rings. The molecular formula is C11H14N2O2. The highest BCUT2D eigenvalue weighted by Gasteiger charge is 2.20. The average Bonchev–Trinajstić information content (AvgIpc) is 2.65. The lowest BCUT2D eigenvalue weighted by molar-refractivity contribution is 0.0697. The maximum atomic E-state index is 10.8. The zero-order chi connectivity index (χ0) is 10.8. The van der Waals surface area contributed by atoms with Crippen LogP contribution in [0.15, 0.2) is 18.3 Å². The van der Waals surface area contributed by atoms with Gasteiger partial charge in [0, 0.05) is 19.3 Å². The van der Waals surface area contributed by atoms with E-state index in [1.165, 1.54) is 6.07 Å². The maximum absolute atomic E-state index is 10.8. The molecule has 1 aromatic rings. The Labute approximate surface area is 88.6 Å². The van der Waals surface area contributed by atoms with E-state index in [-0.39, 0.29) is 0 Å². The first-order valence-corrected chi connectivity index (χ1v) is 5.11. The van der Waals surface area contributed by atoms with E-state index in [0.717, 1.165) is 25.3 Å². The van der Waals surface area contributed by atoms with E-state index in [1.807, 2.05) is 0 Å². The van der Waals surface area contributed by atoms with Crippen molar-refractivity contribution in [1.29, 1.82) is 0 Å². The molecule has 4 heteroatoms. The van der Waals surface area contributed by atoms with Crippen molar-refractivity contribution >= 4 is 11.8 Å². The first kappa shape index (κ1) is 9.96. The van der Waals surface area contributed by atoms with Crippen LogP contribution < -0.4 is 4.90 Å². The normalized spacial score (nSPS) is 20.6. The summed E-state index contributed by atoms with van der Waals surface area (Å²) in [4.78, 5) is 17.1. The molecule has 1 saturated heterocycles. The van der Waals surface area contributed by atoms with E-state index in [1.54, 1.807) is 12.3 Å². The standard InChI is InChI=1S/C11H14N2O2/c1-8-3-5-13(7-8)10-6-9(11(14)15)2-4-12-10/h2,4,6,8H,3,5,7H2,1H3,(H,14,15)/t8-/m0/s1. The quantitative estimate of drug-likeness (QED) is 0.799. The van der Waals surface area contributed by atoms with Crippen LogP contribution in [0.4, 0.5) is 5.82 Å². The number of carboxylic acid groups (broad SMARTS) is 1. The molecule has 2 heterocycles. The Morgan fingerprint density at radius 2 is 2.47 bits per heavy atom. The molecule has 1 aliphatic heterocycles. The number of rotatable bonds is 2. The Bertz CT molecular complexity index is 379. The third kappa shape index (κ3) is 2.09. The minimum Gasteiger partial charge on any atom is -0.478 e. The highest BCUT2D eigenvalue weighted by atomic mass is 16.4. The van der Waals surface area contributed by atoms with Crippen LogP contribution in [-0.4, -0.2) is 29.1 Å². The van der Waals surface area contributed by atoms with Crippen molar-refractivity contribution in [2.75, 3.05) is 18.0 Å². The molecular weight excluding hydrogens is 192 g/mol. The number of hydrogen-bond acceptors (Lipinski definition) is 3. The molecule has 0 unspecified atom stereocenters. The van der Waals surface area contributed by atoms with Crippen LogP contribution in [0, 0.1) is 5.92 Å². The van der Waals surface area contributed by atoms with Gasteiger partial charge in [-0.2, -0.15) is 0 Å². The zero-order valence-corrected chi connectivity index (χ0v) is 8.68. The number of carboxylic acids is 1. The summed E-state index contributed by atoms with van der Waals surface area (Å²) in [6.45, 7) is 4.13. The van der Waals surface area contributed by atoms with Gasteiger partial charge in [-0.1, -0.05) is 6.92 Å². The molecule has 0 bridgehead atoms. The minimum atomic E-state index is -0.897. The highest BCUT2D eigenvalue weighted by molar-refractivity contribution is 5.88. The van der Waals surface area contributed by atoms with Crippen molar-refractivity contribution in [2.24, 2.45) is 5.92 Å². The predicted molar refractivity (Wildman–Crippen MR) is 57.2 cm³/mol. The van der Waals surface area contributed by atoms with Crippen molar-refractivity contribution in [3.63, 3.8) is 0 Å². The predicted octanol–water partition coefficient (Wildman–Crippen LogP) is 1.63. The van der Waals surface area contributed by atoms with Crippen molar-refractivity contribution < 1.29 is 9.90 Å². The summed E-state index contributed by atoms with van der Waals surface area (Å²) >= 11 is 0. The summed E-state index contributed by atoms with van der Waals surface area (Å²) in [6.07, 6.45) is 2.71. The number of aromatic carboxylic acids is 1. The van der Waals surface area contributed by atoms with E-state index in [4.69, 9.17) is 5.11 Å². The zero-order valence-electron chi connectivity index (χ0n) is 8.68. The first-order valence-electron chi connectivity index (χ1n) is 5.11. The fraction of sp³-hybridized carbons (Fsp3) is 0.455. The lowest BCUT2D eigenvalue weighted by Crippen LogP contribution is -2.20. The number of carbonyl (C=O) groups is 1. The van der Waals surface area contributed by atoms with Gasteiger partial charge in [-0.25, -0.2) is 9.78 Å². The summed E-state index contributed by atoms with van der Waals surface area (Å²) in [5.74, 6) is 0.547. The Balaban J connectivity index is 2.21. The molecule has 1 aliphatic rings. The van der Waals surface area contributed by atoms with Crippen molar-refractivity contribution in [3.05, 3.63) is 23.9 Å². The Hall–Kier alpha value is -1.58. The summed E-state index contributed by atoms with van der Waals surface area (Å²) < 4.78 is 0. The molecule has 1 atom stereocenters. The molecule has 80 valence electrons. The molecule has 0 spiro atoms. The summed E-state index contributed by atoms with van der Waals surface area (Å²) in [7, 11) is 0. The number of aromatic nitrogens is 1. The number of nitrogens with zero attached hydrogens (tertiary/aromatic N) is 2. The Morgan fingerprint density at radius 1 is 1.67 bits per heavy atom. The van der Waals surface area contributed by atoms with E-state index < -0.39 is 5.97 Å². The summed E-state index contributed by atoms with van der Waals surface area (Å²) in [5, 5.41) is 8.86. The van der Waals surface area contributed by atoms with Gasteiger partial charge in [-0.3, -0.25) is 0 Å². The summed E-state index contributed by atoms with van der Waals surface area (Å²) in [5.41, 5.74) is 0.305. The molecule has 4 nitrogen and oxygen atoms in total. The van der Waals surface area contributed by atoms with Gasteiger partial charge < -0.3 is 10.0 Å². The lowest BCUT2D eigenvalue weighted by atomic mass is 10.2. The monoisotopic (exact) mass is 206 g/mol. The second-order valence-electron chi connectivity index (χ2n) is 4.05. The van der Waals surface area contributed by atoms with Crippen LogP contribution in [0.5, 0.6) is 0 Å². The van der Waals surface area contributed by atoms with Gasteiger partial charge in [-0.05, 0) is 24.5 Å². The van der Waals surface area contributed by atoms with E-state index in [9.17, 15) is 4.79 Å². The van der Waals surface area contributed by atoms with Crippen LogP contribution in [0.25, 0.3) is 0 Å². The molecule has 0 saturated carbocycles. The number of hydrogen-bond donors (Lipinski definition) is 1. The second-order valence-corrected chi connectivity index (χ2v) is 4.05. The molecule has 15 heavy (non-hydrogen) atoms. The van der Waals surface area contributed by atoms with Crippen molar-refractivity contribution in [1.82, 2.24) is 4.98 Å². The van der Waals surface area contributed by atoms with Gasteiger partial charge in [0.15, 0.2) is 0 Å². The molecule has 0 aromatic carbocycles. The third-order valence-corrected chi connectivity index (χ3v) is 2.74. The fourth-order valence-corrected chi connectivity index (χ4v) is 1.87. The van der Waals surface area contributed by atoms with E-state index >= 15 is 0 Å². The van der Waals surface area contributed by atoms with Crippen LogP contribution in [0.2, 0.25) is 0 Å². The van der Waals surface area contributed by atoms with Crippen LogP contribution in [0.3, 0.4) is 0 Å². The molecule has 2 rings (SSSR count). The Kier molecular flexibility index (Phi) is 2.58. The summed E-state index contributed by atoms with van der Waals surface area (Å²) in [6, 6.07) is 3.16. The lowest BCUT2D eigenvalue weighted by Gasteiger charge is -2.16. The second kappa shape index (κ2) is 3.88. The van der Waals surface area contributed by atoms with E-state index in [2.05, 4.69) is 16.8 Å². The smallest absolute Gasteiger partial charge is 0.335 e. The van der Waals surface area contributed by atoms with Crippen LogP contribution in [-0.2, 0) is 0 Å². The van der Waals surface area contributed by atoms with Crippen LogP contribution in [0.1, 0.15) is 23.7 Å². The SMILES string of the molecule is C[C@H]1CCN(c2cc(C(=O)O)ccn2)C1. The van der Waals surface area contributed by atoms with Gasteiger partial charge in [0.2, 0.25) is 0 Å². The molecule has 1 aromatic heterocycles. The van der Waals surface area contributed by atoms with Gasteiger partial charge in [0.1, 0.15) is 5.82 Å². The first-order chi connectivity index (χ1) is 7.16. The van der Waals surface area contributed by atoms with Crippen LogP contribution >= 0.6 is 0 Å². The number of pyridine rings is 1. The third-order valence-electron chi connectivity index (χ3n) is 2.74. The Morgan fingerprint density at radius 3 is 3.07 bits per heavy atom. The van der Waals surface area contributed by atoms with Gasteiger partial charge in [0.05, 0.1) is 5.56 Å². The largest absolute Gasteiger partial charge is 0.478 e. The molecule has 0 aliphatic carbocycles. The fourth-order valence-electron chi connectivity index (χ4n) is 1.87. The van der Waals surface area contributed by atoms with Gasteiger partial charge >= 0.3 is 5.97 Å². The number of anilines is 1. The average molecular weight is 206 g/mol. The highest BCUT2D eigenvalue weighted by Crippen LogP contribution is 2.21. The molecule has 1 N–H and O–H groups in total. The topological polar surface area (TPSA) is 53.4 Å². The van der Waals surface area contributed by atoms with Crippen molar-refractivity contribution in [3.8, 4) is 0 Å². The van der Waals surface area contributed by atoms with E-state index in [0.29, 0.717) is 11.5 Å². The maximum Gasteiger partial charge on any atom is 0.335 e. The molecule has 0 amide bonds. The molecule has 0 radical (unpaired) electrons. The minimum absolute atomic E-state index is 0.305. The van der Waals surface area contributed by atoms with Crippen molar-refractivity contribution in [2.45, 2.75) is 13.3 Å². The van der Waals surface area contributed by atoms with Gasteiger partial charge in [-0.15, -0.1) is 0 Å².